The van der Waals surface area contributed by atoms with Crippen LogP contribution in [-0.4, -0.2) is 5.11 Å². The van der Waals surface area contributed by atoms with Crippen molar-refractivity contribution in [1.82, 2.24) is 0 Å². The van der Waals surface area contributed by atoms with E-state index in [0.717, 1.165) is 5.56 Å². The van der Waals surface area contributed by atoms with Crippen LogP contribution in [0, 0.1) is 0 Å². The summed E-state index contributed by atoms with van der Waals surface area (Å²) in [4.78, 5) is 0. The minimum Gasteiger partial charge on any atom is -0.389 e. The fourth-order valence-corrected chi connectivity index (χ4v) is 4.55. The molecule has 1 rings (SSSR count). The minimum atomic E-state index is -0.353. The van der Waals surface area contributed by atoms with Crippen molar-refractivity contribution in [3.63, 3.8) is 0 Å². The molecule has 1 unspecified atom stereocenters. The lowest BCUT2D eigenvalue weighted by Gasteiger charge is -2.06. The van der Waals surface area contributed by atoms with E-state index in [9.17, 15) is 5.11 Å². The first kappa shape index (κ1) is 28.2. The van der Waals surface area contributed by atoms with Crippen molar-refractivity contribution in [2.24, 2.45) is 0 Å². The molecule has 31 heavy (non-hydrogen) atoms. The molecule has 0 spiro atoms. The molecule has 1 N–H and O–H groups in total. The van der Waals surface area contributed by atoms with E-state index in [0.29, 0.717) is 0 Å². The Morgan fingerprint density at radius 3 is 1.16 bits per heavy atom. The predicted molar refractivity (Wildman–Crippen MR) is 139 cm³/mol. The summed E-state index contributed by atoms with van der Waals surface area (Å²) >= 11 is 0. The third-order valence-electron chi connectivity index (χ3n) is 6.78. The van der Waals surface area contributed by atoms with Crippen LogP contribution >= 0.6 is 0 Å². The van der Waals surface area contributed by atoms with E-state index < -0.39 is 0 Å². The highest BCUT2D eigenvalue weighted by Crippen LogP contribution is 2.17. The molecule has 0 radical (unpaired) electrons. The van der Waals surface area contributed by atoms with Crippen LogP contribution in [-0.2, 0) is 6.42 Å². The van der Waals surface area contributed by atoms with Crippen molar-refractivity contribution in [3.05, 3.63) is 35.4 Å². The Bertz CT molecular complexity index is 476. The van der Waals surface area contributed by atoms with E-state index in [1.54, 1.807) is 0 Å². The van der Waals surface area contributed by atoms with Crippen LogP contribution in [0.25, 0.3) is 0 Å². The SMILES string of the molecule is CCCCCCCCCCCCCCCCCCCCCCc1ccc(C(C)O)cc1. The first-order valence-corrected chi connectivity index (χ1v) is 14.0. The zero-order valence-electron chi connectivity index (χ0n) is 21.2. The lowest BCUT2D eigenvalue weighted by molar-refractivity contribution is 0.199. The van der Waals surface area contributed by atoms with Gasteiger partial charge < -0.3 is 5.11 Å². The number of aryl methyl sites for hydroxylation is 1. The Balaban J connectivity index is 1.74. The van der Waals surface area contributed by atoms with Crippen molar-refractivity contribution in [3.8, 4) is 0 Å². The molecule has 0 amide bonds. The van der Waals surface area contributed by atoms with Gasteiger partial charge in [0.15, 0.2) is 0 Å². The molecule has 0 bridgehead atoms. The van der Waals surface area contributed by atoms with E-state index in [1.807, 2.05) is 6.92 Å². The van der Waals surface area contributed by atoms with Crippen LogP contribution in [0.5, 0.6) is 0 Å². The molecule has 1 atom stereocenters. The topological polar surface area (TPSA) is 20.2 Å². The van der Waals surface area contributed by atoms with Gasteiger partial charge in [0, 0.05) is 0 Å². The van der Waals surface area contributed by atoms with Crippen LogP contribution < -0.4 is 0 Å². The second-order valence-corrected chi connectivity index (χ2v) is 9.89. The van der Waals surface area contributed by atoms with Gasteiger partial charge in [0.1, 0.15) is 0 Å². The Morgan fingerprint density at radius 1 is 0.516 bits per heavy atom. The summed E-state index contributed by atoms with van der Waals surface area (Å²) in [7, 11) is 0. The fraction of sp³-hybridized carbons (Fsp3) is 0.800. The van der Waals surface area contributed by atoms with Crippen LogP contribution in [0.1, 0.15) is 159 Å². The summed E-state index contributed by atoms with van der Waals surface area (Å²) in [6.07, 6.45) is 29.6. The molecule has 1 aromatic carbocycles. The first-order chi connectivity index (χ1) is 15.2. The van der Waals surface area contributed by atoms with E-state index in [-0.39, 0.29) is 6.10 Å². The van der Waals surface area contributed by atoms with E-state index in [2.05, 4.69) is 31.2 Å². The van der Waals surface area contributed by atoms with Gasteiger partial charge in [-0.05, 0) is 30.9 Å². The molecule has 0 aromatic heterocycles. The summed E-state index contributed by atoms with van der Waals surface area (Å²) in [5.41, 5.74) is 2.43. The third-order valence-corrected chi connectivity index (χ3v) is 6.78. The highest BCUT2D eigenvalue weighted by atomic mass is 16.3. The van der Waals surface area contributed by atoms with Crippen molar-refractivity contribution < 1.29 is 5.11 Å². The molecule has 0 aliphatic heterocycles. The van der Waals surface area contributed by atoms with Gasteiger partial charge in [-0.3, -0.25) is 0 Å². The maximum absolute atomic E-state index is 9.57. The largest absolute Gasteiger partial charge is 0.389 e. The van der Waals surface area contributed by atoms with Gasteiger partial charge in [0.2, 0.25) is 0 Å². The maximum Gasteiger partial charge on any atom is 0.0761 e. The molecular weight excluding hydrogens is 376 g/mol. The van der Waals surface area contributed by atoms with Gasteiger partial charge in [-0.15, -0.1) is 0 Å². The summed E-state index contributed by atoms with van der Waals surface area (Å²) in [6.45, 7) is 4.12. The number of benzene rings is 1. The second-order valence-electron chi connectivity index (χ2n) is 9.89. The van der Waals surface area contributed by atoms with E-state index in [1.165, 1.54) is 140 Å². The summed E-state index contributed by atoms with van der Waals surface area (Å²) < 4.78 is 0. The Hall–Kier alpha value is -0.820. The van der Waals surface area contributed by atoms with Crippen LogP contribution in [0.3, 0.4) is 0 Å². The number of hydrogen-bond donors (Lipinski definition) is 1. The van der Waals surface area contributed by atoms with Crippen LogP contribution in [0.15, 0.2) is 24.3 Å². The minimum absolute atomic E-state index is 0.353. The Morgan fingerprint density at radius 2 is 0.839 bits per heavy atom. The van der Waals surface area contributed by atoms with Crippen molar-refractivity contribution in [2.45, 2.75) is 155 Å². The predicted octanol–water partition coefficient (Wildman–Crippen LogP) is 10.1. The van der Waals surface area contributed by atoms with Gasteiger partial charge in [0.25, 0.3) is 0 Å². The van der Waals surface area contributed by atoms with Gasteiger partial charge in [-0.2, -0.15) is 0 Å². The molecule has 0 fully saturated rings. The van der Waals surface area contributed by atoms with Gasteiger partial charge >= 0.3 is 0 Å². The Kier molecular flexibility index (Phi) is 19.2. The number of unbranched alkanes of at least 4 members (excludes halogenated alkanes) is 19. The maximum atomic E-state index is 9.57. The standard InChI is InChI=1S/C30H54O/c1-3-4-5-6-7-8-9-10-11-12-13-14-15-16-17-18-19-20-21-22-23-29-24-26-30(27-25-29)28(2)31/h24-28,31H,3-23H2,1-2H3. The average Bonchev–Trinajstić information content (AvgIpc) is 2.78. The van der Waals surface area contributed by atoms with Gasteiger partial charge in [-0.1, -0.05) is 153 Å². The average molecular weight is 431 g/mol. The first-order valence-electron chi connectivity index (χ1n) is 14.0. The Labute approximate surface area is 195 Å². The highest BCUT2D eigenvalue weighted by Gasteiger charge is 2.00. The second kappa shape index (κ2) is 21.0. The number of aliphatic hydroxyl groups excluding tert-OH is 1. The number of hydrogen-bond acceptors (Lipinski definition) is 1. The monoisotopic (exact) mass is 430 g/mol. The van der Waals surface area contributed by atoms with Crippen molar-refractivity contribution in [2.75, 3.05) is 0 Å². The van der Waals surface area contributed by atoms with E-state index >= 15 is 0 Å². The third kappa shape index (κ3) is 17.4. The molecule has 0 aliphatic rings. The zero-order valence-corrected chi connectivity index (χ0v) is 21.2. The molecule has 1 heteroatoms. The molecule has 1 aromatic rings. The highest BCUT2D eigenvalue weighted by molar-refractivity contribution is 5.23. The zero-order chi connectivity index (χ0) is 22.4. The molecule has 0 saturated carbocycles. The number of rotatable bonds is 22. The normalized spacial score (nSPS) is 12.4. The molecule has 0 saturated heterocycles. The van der Waals surface area contributed by atoms with Gasteiger partial charge in [-0.25, -0.2) is 0 Å². The summed E-state index contributed by atoms with van der Waals surface area (Å²) in [6, 6.07) is 8.49. The van der Waals surface area contributed by atoms with Crippen LogP contribution in [0.4, 0.5) is 0 Å². The van der Waals surface area contributed by atoms with E-state index in [4.69, 9.17) is 0 Å². The van der Waals surface area contributed by atoms with Crippen molar-refractivity contribution >= 4 is 0 Å². The summed E-state index contributed by atoms with van der Waals surface area (Å²) in [5, 5.41) is 9.57. The lowest BCUT2D eigenvalue weighted by atomic mass is 10.0. The molecule has 0 heterocycles. The quantitative estimate of drug-likeness (QED) is 0.181. The smallest absolute Gasteiger partial charge is 0.0761 e. The number of aliphatic hydroxyl groups is 1. The molecule has 180 valence electrons. The lowest BCUT2D eigenvalue weighted by Crippen LogP contribution is -1.92. The van der Waals surface area contributed by atoms with Crippen molar-refractivity contribution in [1.29, 1.82) is 0 Å². The van der Waals surface area contributed by atoms with Gasteiger partial charge in [0.05, 0.1) is 6.10 Å². The molecule has 0 aliphatic carbocycles. The molecular formula is C30H54O. The fourth-order valence-electron chi connectivity index (χ4n) is 4.55. The molecule has 1 nitrogen and oxygen atoms in total. The van der Waals surface area contributed by atoms with Crippen LogP contribution in [0.2, 0.25) is 0 Å². The summed E-state index contributed by atoms with van der Waals surface area (Å²) in [5.74, 6) is 0.